The maximum absolute atomic E-state index is 13.2. The molecule has 1 heterocycles. The van der Waals surface area contributed by atoms with Crippen molar-refractivity contribution in [3.8, 4) is 11.5 Å². The van der Waals surface area contributed by atoms with E-state index in [1.54, 1.807) is 12.3 Å². The Morgan fingerprint density at radius 3 is 2.38 bits per heavy atom. The van der Waals surface area contributed by atoms with E-state index in [-0.39, 0.29) is 42.5 Å². The smallest absolute Gasteiger partial charge is 0.248 e. The molecule has 1 unspecified atom stereocenters. The number of anilines is 1. The molecule has 1 saturated carbocycles. The third-order valence-electron chi connectivity index (χ3n) is 6.33. The predicted molar refractivity (Wildman–Crippen MR) is 148 cm³/mol. The number of carbonyl (C=O) groups excluding carboxylic acids is 2. The first-order chi connectivity index (χ1) is 17.1. The molecular formula is C27H33Cl2N5O3. The van der Waals surface area contributed by atoms with Gasteiger partial charge in [0.25, 0.3) is 0 Å². The maximum Gasteiger partial charge on any atom is 0.248 e. The van der Waals surface area contributed by atoms with Crippen LogP contribution in [0.4, 0.5) is 5.82 Å². The van der Waals surface area contributed by atoms with Gasteiger partial charge in [0.1, 0.15) is 29.7 Å². The minimum atomic E-state index is -0.767. The van der Waals surface area contributed by atoms with Crippen molar-refractivity contribution in [2.75, 3.05) is 11.9 Å². The summed E-state index contributed by atoms with van der Waals surface area (Å²) in [6, 6.07) is 17.9. The van der Waals surface area contributed by atoms with Crippen LogP contribution in [0.15, 0.2) is 73.2 Å². The van der Waals surface area contributed by atoms with Crippen molar-refractivity contribution >= 4 is 42.4 Å². The number of aromatic nitrogens is 2. The summed E-state index contributed by atoms with van der Waals surface area (Å²) >= 11 is 0. The van der Waals surface area contributed by atoms with Crippen LogP contribution in [0.1, 0.15) is 31.2 Å². The molecule has 1 fully saturated rings. The lowest BCUT2D eigenvalue weighted by Crippen LogP contribution is -2.48. The van der Waals surface area contributed by atoms with E-state index >= 15 is 0 Å². The normalized spacial score (nSPS) is 17.3. The Balaban J connectivity index is 0.00000241. The van der Waals surface area contributed by atoms with E-state index in [0.29, 0.717) is 30.5 Å². The molecule has 2 aromatic carbocycles. The Labute approximate surface area is 229 Å². The van der Waals surface area contributed by atoms with Crippen molar-refractivity contribution in [2.45, 2.75) is 38.1 Å². The molecule has 0 aliphatic heterocycles. The number of nitrogens with two attached hydrogens (primary N) is 1. The van der Waals surface area contributed by atoms with Gasteiger partial charge in [-0.25, -0.2) is 9.97 Å². The molecule has 198 valence electrons. The topological polar surface area (TPSA) is 119 Å². The summed E-state index contributed by atoms with van der Waals surface area (Å²) in [6.07, 6.45) is 6.67. The van der Waals surface area contributed by atoms with Gasteiger partial charge >= 0.3 is 0 Å². The zero-order valence-corrected chi connectivity index (χ0v) is 22.0. The molecule has 0 bridgehead atoms. The molecule has 4 N–H and O–H groups in total. The minimum absolute atomic E-state index is 0. The van der Waals surface area contributed by atoms with Crippen molar-refractivity contribution in [1.29, 1.82) is 0 Å². The maximum atomic E-state index is 13.2. The van der Waals surface area contributed by atoms with Gasteiger partial charge < -0.3 is 21.1 Å². The lowest BCUT2D eigenvalue weighted by molar-refractivity contribution is -0.130. The largest absolute Gasteiger partial charge is 0.457 e. The van der Waals surface area contributed by atoms with E-state index in [9.17, 15) is 9.59 Å². The number of carbonyl (C=O) groups is 2. The summed E-state index contributed by atoms with van der Waals surface area (Å²) in [4.78, 5) is 34.2. The summed E-state index contributed by atoms with van der Waals surface area (Å²) in [5, 5.41) is 5.78. The number of para-hydroxylation sites is 1. The molecule has 1 atom stereocenters. The molecule has 0 radical (unpaired) electrons. The SMILES string of the molecule is Cl.Cl.NC[C@H]1CC[C@H](C(=O)NC(Cc2cccc(Oc3ccccc3)c2)C(=O)Nc2ccncn2)CC1. The number of nitrogens with one attached hydrogen (secondary N) is 2. The molecule has 37 heavy (non-hydrogen) atoms. The van der Waals surface area contributed by atoms with Crippen LogP contribution in [0.5, 0.6) is 11.5 Å². The molecule has 0 spiro atoms. The highest BCUT2D eigenvalue weighted by Crippen LogP contribution is 2.28. The number of nitrogens with zero attached hydrogens (tertiary/aromatic N) is 2. The van der Waals surface area contributed by atoms with E-state index in [2.05, 4.69) is 20.6 Å². The fourth-order valence-corrected chi connectivity index (χ4v) is 4.33. The van der Waals surface area contributed by atoms with E-state index in [1.165, 1.54) is 6.33 Å². The molecule has 0 saturated heterocycles. The second kappa shape index (κ2) is 15.1. The lowest BCUT2D eigenvalue weighted by Gasteiger charge is -2.28. The molecule has 2 amide bonds. The molecule has 1 aliphatic carbocycles. The summed E-state index contributed by atoms with van der Waals surface area (Å²) in [7, 11) is 0. The first-order valence-corrected chi connectivity index (χ1v) is 12.0. The van der Waals surface area contributed by atoms with Crippen LogP contribution in [-0.2, 0) is 16.0 Å². The van der Waals surface area contributed by atoms with Crippen LogP contribution in [0.2, 0.25) is 0 Å². The molecule has 4 rings (SSSR count). The van der Waals surface area contributed by atoms with Crippen molar-refractivity contribution in [1.82, 2.24) is 15.3 Å². The van der Waals surface area contributed by atoms with Gasteiger partial charge in [0.15, 0.2) is 0 Å². The van der Waals surface area contributed by atoms with Gasteiger partial charge in [-0.1, -0.05) is 30.3 Å². The van der Waals surface area contributed by atoms with Gasteiger partial charge in [0, 0.05) is 18.5 Å². The van der Waals surface area contributed by atoms with Crippen molar-refractivity contribution < 1.29 is 14.3 Å². The van der Waals surface area contributed by atoms with Crippen LogP contribution >= 0.6 is 24.8 Å². The predicted octanol–water partition coefficient (Wildman–Crippen LogP) is 4.54. The fourth-order valence-electron chi connectivity index (χ4n) is 4.33. The first-order valence-electron chi connectivity index (χ1n) is 12.0. The van der Waals surface area contributed by atoms with Gasteiger partial charge in [-0.3, -0.25) is 9.59 Å². The lowest BCUT2D eigenvalue weighted by atomic mass is 9.81. The highest BCUT2D eigenvalue weighted by atomic mass is 35.5. The Morgan fingerprint density at radius 2 is 1.70 bits per heavy atom. The standard InChI is InChI=1S/C27H31N5O3.2ClH/c28-17-19-9-11-21(12-10-19)26(33)31-24(27(34)32-25-13-14-29-18-30-25)16-20-5-4-8-23(15-20)35-22-6-2-1-3-7-22;;/h1-8,13-15,18-19,21,24H,9-12,16-17,28H2,(H,31,33)(H,29,30,32,34);2*1H/t19-,21-,24?;;. The Bertz CT molecular complexity index is 1110. The van der Waals surface area contributed by atoms with Crippen LogP contribution in [0.3, 0.4) is 0 Å². The first kappa shape index (κ1) is 30.0. The Hall–Kier alpha value is -3.20. The highest BCUT2D eigenvalue weighted by Gasteiger charge is 2.29. The highest BCUT2D eigenvalue weighted by molar-refractivity contribution is 5.97. The van der Waals surface area contributed by atoms with Crippen molar-refractivity contribution in [3.05, 3.63) is 78.8 Å². The zero-order valence-electron chi connectivity index (χ0n) is 20.4. The summed E-state index contributed by atoms with van der Waals surface area (Å²) in [6.45, 7) is 0.652. The molecule has 10 heteroatoms. The Morgan fingerprint density at radius 1 is 0.973 bits per heavy atom. The molecule has 1 aliphatic rings. The number of amides is 2. The number of halogens is 2. The van der Waals surface area contributed by atoms with Crippen molar-refractivity contribution in [3.63, 3.8) is 0 Å². The van der Waals surface area contributed by atoms with Gasteiger partial charge in [0.05, 0.1) is 0 Å². The summed E-state index contributed by atoms with van der Waals surface area (Å²) in [5.41, 5.74) is 6.66. The van der Waals surface area contributed by atoms with Gasteiger partial charge in [0.2, 0.25) is 11.8 Å². The molecule has 1 aromatic heterocycles. The van der Waals surface area contributed by atoms with Crippen LogP contribution in [-0.4, -0.2) is 34.4 Å². The van der Waals surface area contributed by atoms with Crippen molar-refractivity contribution in [2.24, 2.45) is 17.6 Å². The van der Waals surface area contributed by atoms with E-state index < -0.39 is 6.04 Å². The van der Waals surface area contributed by atoms with E-state index in [1.807, 2.05) is 54.6 Å². The molecule has 8 nitrogen and oxygen atoms in total. The zero-order chi connectivity index (χ0) is 24.5. The van der Waals surface area contributed by atoms with Gasteiger partial charge in [-0.15, -0.1) is 24.8 Å². The average molecular weight is 546 g/mol. The molecular weight excluding hydrogens is 513 g/mol. The number of ether oxygens (including phenoxy) is 1. The number of benzene rings is 2. The van der Waals surface area contributed by atoms with E-state index in [0.717, 1.165) is 37.0 Å². The minimum Gasteiger partial charge on any atom is -0.457 e. The summed E-state index contributed by atoms with van der Waals surface area (Å²) < 4.78 is 5.94. The third-order valence-corrected chi connectivity index (χ3v) is 6.33. The number of hydrogen-bond acceptors (Lipinski definition) is 6. The quantitative estimate of drug-likeness (QED) is 0.363. The fraction of sp³-hybridized carbons (Fsp3) is 0.333. The summed E-state index contributed by atoms with van der Waals surface area (Å²) in [5.74, 6) is 1.71. The average Bonchev–Trinajstić information content (AvgIpc) is 2.89. The Kier molecular flexibility index (Phi) is 12.3. The monoisotopic (exact) mass is 545 g/mol. The second-order valence-electron chi connectivity index (χ2n) is 8.87. The van der Waals surface area contributed by atoms with Gasteiger partial charge in [-0.05, 0) is 74.0 Å². The molecule has 3 aromatic rings. The van der Waals surface area contributed by atoms with Crippen LogP contribution in [0.25, 0.3) is 0 Å². The van der Waals surface area contributed by atoms with Crippen LogP contribution < -0.4 is 21.1 Å². The van der Waals surface area contributed by atoms with E-state index in [4.69, 9.17) is 10.5 Å². The second-order valence-corrected chi connectivity index (χ2v) is 8.87. The van der Waals surface area contributed by atoms with Crippen LogP contribution in [0, 0.1) is 11.8 Å². The number of rotatable bonds is 9. The third kappa shape index (κ3) is 9.00. The number of hydrogen-bond donors (Lipinski definition) is 3. The van der Waals surface area contributed by atoms with Gasteiger partial charge in [-0.2, -0.15) is 0 Å².